The van der Waals surface area contributed by atoms with E-state index in [1.54, 1.807) is 19.0 Å². The lowest BCUT2D eigenvalue weighted by molar-refractivity contribution is -0.127. The predicted octanol–water partition coefficient (Wildman–Crippen LogP) is 4.22. The second kappa shape index (κ2) is 8.59. The molecule has 7 heteroatoms. The number of thioether (sulfide) groups is 1. The van der Waals surface area contributed by atoms with Gasteiger partial charge in [-0.05, 0) is 36.8 Å². The molecule has 0 saturated carbocycles. The summed E-state index contributed by atoms with van der Waals surface area (Å²) in [5, 5.41) is 9.89. The zero-order valence-corrected chi connectivity index (χ0v) is 17.0. The van der Waals surface area contributed by atoms with Gasteiger partial charge in [0.25, 0.3) is 0 Å². The molecule has 0 spiro atoms. The number of aromatic nitrogens is 3. The fourth-order valence-electron chi connectivity index (χ4n) is 2.67. The monoisotopic (exact) mass is 400 g/mol. The van der Waals surface area contributed by atoms with E-state index in [9.17, 15) is 4.79 Å². The van der Waals surface area contributed by atoms with E-state index in [0.717, 1.165) is 17.0 Å². The normalized spacial score (nSPS) is 12.0. The van der Waals surface area contributed by atoms with Crippen LogP contribution in [0.4, 0.5) is 0 Å². The average Bonchev–Trinajstić information content (AvgIpc) is 3.04. The lowest BCUT2D eigenvalue weighted by Gasteiger charge is -2.17. The van der Waals surface area contributed by atoms with Crippen LogP contribution in [0.2, 0.25) is 5.02 Å². The number of carbonyl (C=O) groups is 1. The topological polar surface area (TPSA) is 51.0 Å². The van der Waals surface area contributed by atoms with Crippen LogP contribution in [0.1, 0.15) is 12.5 Å². The summed E-state index contributed by atoms with van der Waals surface area (Å²) >= 11 is 7.43. The molecule has 1 atom stereocenters. The fourth-order valence-corrected chi connectivity index (χ4v) is 3.79. The van der Waals surface area contributed by atoms with Crippen molar-refractivity contribution in [3.63, 3.8) is 0 Å². The number of amides is 1. The van der Waals surface area contributed by atoms with Crippen LogP contribution in [0.25, 0.3) is 11.4 Å². The highest BCUT2D eigenvalue weighted by atomic mass is 35.5. The Bertz CT molecular complexity index is 909. The molecule has 1 aromatic heterocycles. The Kier molecular flexibility index (Phi) is 6.19. The number of halogens is 1. The second-order valence-electron chi connectivity index (χ2n) is 6.38. The molecule has 5 nitrogen and oxygen atoms in total. The van der Waals surface area contributed by atoms with Gasteiger partial charge in [-0.3, -0.25) is 9.36 Å². The molecule has 0 aliphatic carbocycles. The van der Waals surface area contributed by atoms with E-state index in [1.807, 2.05) is 54.0 Å². The molecule has 0 aliphatic heterocycles. The van der Waals surface area contributed by atoms with E-state index in [0.29, 0.717) is 16.7 Å². The molecule has 0 radical (unpaired) electrons. The molecule has 3 rings (SSSR count). The summed E-state index contributed by atoms with van der Waals surface area (Å²) in [5.74, 6) is 0.796. The van der Waals surface area contributed by atoms with Gasteiger partial charge in [0.05, 0.1) is 11.8 Å². The van der Waals surface area contributed by atoms with Crippen molar-refractivity contribution >= 4 is 29.3 Å². The highest BCUT2D eigenvalue weighted by Gasteiger charge is 2.22. The molecule has 2 aromatic carbocycles. The first-order chi connectivity index (χ1) is 13.0. The van der Waals surface area contributed by atoms with Crippen molar-refractivity contribution in [2.24, 2.45) is 0 Å². The zero-order valence-electron chi connectivity index (χ0n) is 15.5. The molecule has 1 amide bonds. The van der Waals surface area contributed by atoms with Crippen molar-refractivity contribution in [1.82, 2.24) is 19.7 Å². The lowest BCUT2D eigenvalue weighted by Crippen LogP contribution is -2.29. The summed E-state index contributed by atoms with van der Waals surface area (Å²) in [5.41, 5.74) is 2.07. The first-order valence-electron chi connectivity index (χ1n) is 8.56. The Morgan fingerprint density at radius 2 is 1.78 bits per heavy atom. The number of hydrogen-bond donors (Lipinski definition) is 0. The first kappa shape index (κ1) is 19.5. The summed E-state index contributed by atoms with van der Waals surface area (Å²) in [6, 6.07) is 17.7. The Morgan fingerprint density at radius 1 is 1.11 bits per heavy atom. The van der Waals surface area contributed by atoms with E-state index in [-0.39, 0.29) is 11.2 Å². The zero-order chi connectivity index (χ0) is 19.4. The van der Waals surface area contributed by atoms with Gasteiger partial charge < -0.3 is 4.90 Å². The number of hydrogen-bond acceptors (Lipinski definition) is 4. The fraction of sp³-hybridized carbons (Fsp3) is 0.250. The summed E-state index contributed by atoms with van der Waals surface area (Å²) in [7, 11) is 3.51. The Balaban J connectivity index is 1.97. The second-order valence-corrected chi connectivity index (χ2v) is 8.12. The molecule has 1 unspecified atom stereocenters. The maximum absolute atomic E-state index is 12.3. The van der Waals surface area contributed by atoms with E-state index in [1.165, 1.54) is 11.8 Å². The summed E-state index contributed by atoms with van der Waals surface area (Å²) in [6.07, 6.45) is 0. The molecule has 0 N–H and O–H groups in total. The van der Waals surface area contributed by atoms with Gasteiger partial charge in [-0.25, -0.2) is 0 Å². The predicted molar refractivity (Wildman–Crippen MR) is 110 cm³/mol. The van der Waals surface area contributed by atoms with Crippen molar-refractivity contribution < 1.29 is 4.79 Å². The Labute approximate surface area is 168 Å². The summed E-state index contributed by atoms with van der Waals surface area (Å²) in [6.45, 7) is 2.51. The van der Waals surface area contributed by atoms with Crippen LogP contribution in [0.15, 0.2) is 59.8 Å². The van der Waals surface area contributed by atoms with Gasteiger partial charge in [0, 0.05) is 24.7 Å². The van der Waals surface area contributed by atoms with Crippen LogP contribution in [-0.2, 0) is 11.3 Å². The van der Waals surface area contributed by atoms with Crippen LogP contribution in [0, 0.1) is 0 Å². The van der Waals surface area contributed by atoms with Crippen LogP contribution in [-0.4, -0.2) is 44.9 Å². The molecule has 0 bridgehead atoms. The van der Waals surface area contributed by atoms with Gasteiger partial charge >= 0.3 is 0 Å². The van der Waals surface area contributed by atoms with Crippen molar-refractivity contribution in [1.29, 1.82) is 0 Å². The summed E-state index contributed by atoms with van der Waals surface area (Å²) in [4.78, 5) is 13.9. The Morgan fingerprint density at radius 3 is 2.41 bits per heavy atom. The third-order valence-corrected chi connectivity index (χ3v) is 5.39. The minimum atomic E-state index is -0.253. The molecular weight excluding hydrogens is 380 g/mol. The maximum atomic E-state index is 12.3. The lowest BCUT2D eigenvalue weighted by atomic mass is 10.2. The largest absolute Gasteiger partial charge is 0.348 e. The van der Waals surface area contributed by atoms with E-state index in [2.05, 4.69) is 22.3 Å². The molecule has 0 saturated heterocycles. The minimum Gasteiger partial charge on any atom is -0.348 e. The molecule has 3 aromatic rings. The standard InChI is InChI=1S/C20H21ClN4OS/c1-14(19(26)24(2)3)27-20-23-22-18(16-9-11-17(21)12-10-16)25(20)13-15-7-5-4-6-8-15/h4-12,14H,13H2,1-3H3. The first-order valence-corrected chi connectivity index (χ1v) is 9.82. The highest BCUT2D eigenvalue weighted by Crippen LogP contribution is 2.29. The summed E-state index contributed by atoms with van der Waals surface area (Å²) < 4.78 is 2.04. The van der Waals surface area contributed by atoms with Gasteiger partial charge in [-0.15, -0.1) is 10.2 Å². The average molecular weight is 401 g/mol. The number of rotatable bonds is 6. The highest BCUT2D eigenvalue weighted by molar-refractivity contribution is 8.00. The van der Waals surface area contributed by atoms with Crippen molar-refractivity contribution in [3.8, 4) is 11.4 Å². The van der Waals surface area contributed by atoms with E-state index in [4.69, 9.17) is 11.6 Å². The number of nitrogens with zero attached hydrogens (tertiary/aromatic N) is 4. The van der Waals surface area contributed by atoms with Crippen LogP contribution in [0.5, 0.6) is 0 Å². The van der Waals surface area contributed by atoms with Crippen molar-refractivity contribution in [2.45, 2.75) is 23.9 Å². The molecule has 0 aliphatic rings. The molecular formula is C20H21ClN4OS. The van der Waals surface area contributed by atoms with Crippen LogP contribution in [0.3, 0.4) is 0 Å². The molecule has 0 fully saturated rings. The van der Waals surface area contributed by atoms with Crippen LogP contribution < -0.4 is 0 Å². The van der Waals surface area contributed by atoms with Crippen molar-refractivity contribution in [3.05, 3.63) is 65.2 Å². The number of carbonyl (C=O) groups excluding carboxylic acids is 1. The smallest absolute Gasteiger partial charge is 0.235 e. The van der Waals surface area contributed by atoms with E-state index >= 15 is 0 Å². The van der Waals surface area contributed by atoms with Gasteiger partial charge in [0.15, 0.2) is 11.0 Å². The third kappa shape index (κ3) is 4.70. The molecule has 1 heterocycles. The molecule has 140 valence electrons. The van der Waals surface area contributed by atoms with Crippen molar-refractivity contribution in [2.75, 3.05) is 14.1 Å². The van der Waals surface area contributed by atoms with Gasteiger partial charge in [0.2, 0.25) is 5.91 Å². The van der Waals surface area contributed by atoms with Crippen LogP contribution >= 0.6 is 23.4 Å². The number of benzene rings is 2. The minimum absolute atomic E-state index is 0.0438. The maximum Gasteiger partial charge on any atom is 0.235 e. The van der Waals surface area contributed by atoms with Gasteiger partial charge in [0.1, 0.15) is 0 Å². The van der Waals surface area contributed by atoms with Gasteiger partial charge in [-0.2, -0.15) is 0 Å². The quantitative estimate of drug-likeness (QED) is 0.581. The molecule has 27 heavy (non-hydrogen) atoms. The Hall–Kier alpha value is -2.31. The van der Waals surface area contributed by atoms with E-state index < -0.39 is 0 Å². The third-order valence-electron chi connectivity index (χ3n) is 4.07. The SMILES string of the molecule is CC(Sc1nnc(-c2ccc(Cl)cc2)n1Cc1ccccc1)C(=O)N(C)C. The van der Waals surface area contributed by atoms with Gasteiger partial charge in [-0.1, -0.05) is 53.7 Å².